The molecule has 1 aliphatic carbocycles. The van der Waals surface area contributed by atoms with Gasteiger partial charge in [0.05, 0.1) is 11.1 Å². The highest BCUT2D eigenvalue weighted by Crippen LogP contribution is 2.28. The van der Waals surface area contributed by atoms with Gasteiger partial charge >= 0.3 is 0 Å². The molecule has 2 amide bonds. The number of carbonyl (C=O) groups excluding carboxylic acids is 2. The van der Waals surface area contributed by atoms with E-state index in [-0.39, 0.29) is 18.4 Å². The van der Waals surface area contributed by atoms with Gasteiger partial charge in [-0.25, -0.2) is 0 Å². The van der Waals surface area contributed by atoms with Crippen molar-refractivity contribution in [2.24, 2.45) is 0 Å². The highest BCUT2D eigenvalue weighted by atomic mass is 16.5. The topological polar surface area (TPSA) is 79.5 Å². The standard InChI is InChI=1S/C24H24N4O3/c29-21-16-27(14-15-28(21)18-10-4-5-11-18)24(30)20-13-7-6-12-19(20)23-25-22(26-31-23)17-8-2-1-3-9-17/h1-3,6-9,12-13,18H,4-5,10-11,14-16H2. The van der Waals surface area contributed by atoms with Crippen molar-refractivity contribution in [2.75, 3.05) is 19.6 Å². The van der Waals surface area contributed by atoms with Gasteiger partial charge in [-0.3, -0.25) is 9.59 Å². The number of hydrogen-bond acceptors (Lipinski definition) is 5. The molecule has 2 aliphatic rings. The first-order chi connectivity index (χ1) is 15.2. The molecule has 3 aromatic rings. The van der Waals surface area contributed by atoms with Crippen molar-refractivity contribution >= 4 is 11.8 Å². The van der Waals surface area contributed by atoms with Crippen LogP contribution in [0.1, 0.15) is 36.0 Å². The van der Waals surface area contributed by atoms with Crippen molar-refractivity contribution in [1.29, 1.82) is 0 Å². The summed E-state index contributed by atoms with van der Waals surface area (Å²) < 4.78 is 5.48. The summed E-state index contributed by atoms with van der Waals surface area (Å²) in [5.41, 5.74) is 1.88. The molecule has 0 bridgehead atoms. The van der Waals surface area contributed by atoms with Gasteiger partial charge in [-0.1, -0.05) is 60.5 Å². The molecule has 1 saturated carbocycles. The Morgan fingerprint density at radius 1 is 0.968 bits per heavy atom. The maximum atomic E-state index is 13.3. The molecule has 158 valence electrons. The Morgan fingerprint density at radius 2 is 1.71 bits per heavy atom. The van der Waals surface area contributed by atoms with Gasteiger partial charge in [0.2, 0.25) is 11.7 Å². The summed E-state index contributed by atoms with van der Waals surface area (Å²) in [7, 11) is 0. The van der Waals surface area contributed by atoms with Crippen molar-refractivity contribution in [2.45, 2.75) is 31.7 Å². The van der Waals surface area contributed by atoms with Crippen molar-refractivity contribution in [3.63, 3.8) is 0 Å². The van der Waals surface area contributed by atoms with Gasteiger partial charge in [0.15, 0.2) is 0 Å². The van der Waals surface area contributed by atoms with E-state index >= 15 is 0 Å². The second kappa shape index (κ2) is 8.34. The fourth-order valence-electron chi connectivity index (χ4n) is 4.53. The van der Waals surface area contributed by atoms with E-state index < -0.39 is 0 Å². The third kappa shape index (κ3) is 3.83. The molecular weight excluding hydrogens is 392 g/mol. The van der Waals surface area contributed by atoms with Gasteiger partial charge in [0, 0.05) is 24.7 Å². The van der Waals surface area contributed by atoms with Gasteiger partial charge in [-0.15, -0.1) is 0 Å². The molecule has 2 heterocycles. The normalized spacial score (nSPS) is 17.4. The number of amides is 2. The number of carbonyl (C=O) groups is 2. The lowest BCUT2D eigenvalue weighted by atomic mass is 10.1. The number of hydrogen-bond donors (Lipinski definition) is 0. The summed E-state index contributed by atoms with van der Waals surface area (Å²) in [4.78, 5) is 34.1. The van der Waals surface area contributed by atoms with Crippen LogP contribution in [0.4, 0.5) is 0 Å². The fourth-order valence-corrected chi connectivity index (χ4v) is 4.53. The molecule has 2 aromatic carbocycles. The minimum Gasteiger partial charge on any atom is -0.336 e. The number of aromatic nitrogens is 2. The predicted molar refractivity (Wildman–Crippen MR) is 115 cm³/mol. The Morgan fingerprint density at radius 3 is 2.48 bits per heavy atom. The molecule has 0 atom stereocenters. The van der Waals surface area contributed by atoms with Gasteiger partial charge in [-0.05, 0) is 25.0 Å². The Balaban J connectivity index is 1.37. The van der Waals surface area contributed by atoms with Crippen LogP contribution in [0, 0.1) is 0 Å². The van der Waals surface area contributed by atoms with E-state index in [0.29, 0.717) is 42.0 Å². The Labute approximate surface area is 180 Å². The maximum absolute atomic E-state index is 13.3. The molecule has 1 aromatic heterocycles. The second-order valence-corrected chi connectivity index (χ2v) is 8.09. The first-order valence-electron chi connectivity index (χ1n) is 10.8. The maximum Gasteiger partial charge on any atom is 0.259 e. The smallest absolute Gasteiger partial charge is 0.259 e. The minimum atomic E-state index is -0.186. The largest absolute Gasteiger partial charge is 0.336 e. The summed E-state index contributed by atoms with van der Waals surface area (Å²) in [5.74, 6) is 0.611. The molecular formula is C24H24N4O3. The molecule has 2 fully saturated rings. The monoisotopic (exact) mass is 416 g/mol. The fraction of sp³-hybridized carbons (Fsp3) is 0.333. The number of benzene rings is 2. The lowest BCUT2D eigenvalue weighted by molar-refractivity contribution is -0.137. The van der Waals surface area contributed by atoms with Crippen LogP contribution in [0.15, 0.2) is 59.1 Å². The summed E-state index contributed by atoms with van der Waals surface area (Å²) in [6.45, 7) is 1.24. The van der Waals surface area contributed by atoms with E-state index in [1.807, 2.05) is 47.4 Å². The first kappa shape index (κ1) is 19.5. The van der Waals surface area contributed by atoms with Crippen molar-refractivity contribution in [3.05, 3.63) is 60.2 Å². The summed E-state index contributed by atoms with van der Waals surface area (Å²) >= 11 is 0. The molecule has 0 spiro atoms. The quantitative estimate of drug-likeness (QED) is 0.649. The van der Waals surface area contributed by atoms with Crippen LogP contribution in [0.5, 0.6) is 0 Å². The molecule has 0 radical (unpaired) electrons. The van der Waals surface area contributed by atoms with E-state index in [4.69, 9.17) is 4.52 Å². The van der Waals surface area contributed by atoms with Crippen LogP contribution in [-0.4, -0.2) is 57.4 Å². The molecule has 7 nitrogen and oxygen atoms in total. The van der Waals surface area contributed by atoms with E-state index in [0.717, 1.165) is 18.4 Å². The molecule has 1 saturated heterocycles. The third-order valence-electron chi connectivity index (χ3n) is 6.16. The third-order valence-corrected chi connectivity index (χ3v) is 6.16. The van der Waals surface area contributed by atoms with Gasteiger partial charge in [-0.2, -0.15) is 4.98 Å². The molecule has 0 unspecified atom stereocenters. The summed E-state index contributed by atoms with van der Waals surface area (Å²) in [6.07, 6.45) is 4.51. The van der Waals surface area contributed by atoms with Crippen molar-refractivity contribution in [3.8, 4) is 22.8 Å². The minimum absolute atomic E-state index is 0.0353. The zero-order chi connectivity index (χ0) is 21.2. The average molecular weight is 416 g/mol. The van der Waals surface area contributed by atoms with Crippen LogP contribution < -0.4 is 0 Å². The van der Waals surface area contributed by atoms with Gasteiger partial charge in [0.25, 0.3) is 11.8 Å². The van der Waals surface area contributed by atoms with E-state index in [9.17, 15) is 9.59 Å². The molecule has 7 heteroatoms. The number of rotatable bonds is 4. The van der Waals surface area contributed by atoms with Gasteiger partial charge < -0.3 is 14.3 Å². The van der Waals surface area contributed by atoms with Crippen LogP contribution in [0.2, 0.25) is 0 Å². The zero-order valence-corrected chi connectivity index (χ0v) is 17.2. The molecule has 5 rings (SSSR count). The molecule has 1 aliphatic heterocycles. The Bertz CT molecular complexity index is 1090. The van der Waals surface area contributed by atoms with E-state index in [1.54, 1.807) is 17.0 Å². The molecule has 31 heavy (non-hydrogen) atoms. The second-order valence-electron chi connectivity index (χ2n) is 8.09. The SMILES string of the molecule is O=C(c1ccccc1-c1nc(-c2ccccc2)no1)N1CCN(C2CCCC2)C(=O)C1. The zero-order valence-electron chi connectivity index (χ0n) is 17.2. The summed E-state index contributed by atoms with van der Waals surface area (Å²) in [6, 6.07) is 17.1. The van der Waals surface area contributed by atoms with Crippen LogP contribution in [0.25, 0.3) is 22.8 Å². The van der Waals surface area contributed by atoms with Crippen molar-refractivity contribution in [1.82, 2.24) is 19.9 Å². The average Bonchev–Trinajstić information content (AvgIpc) is 3.52. The van der Waals surface area contributed by atoms with Crippen molar-refractivity contribution < 1.29 is 14.1 Å². The predicted octanol–water partition coefficient (Wildman–Crippen LogP) is 3.63. The van der Waals surface area contributed by atoms with E-state index in [2.05, 4.69) is 10.1 Å². The lowest BCUT2D eigenvalue weighted by Crippen LogP contribution is -2.54. The first-order valence-corrected chi connectivity index (χ1v) is 10.8. The van der Waals surface area contributed by atoms with Crippen LogP contribution in [-0.2, 0) is 4.79 Å². The Hall–Kier alpha value is -3.48. The van der Waals surface area contributed by atoms with E-state index in [1.165, 1.54) is 12.8 Å². The van der Waals surface area contributed by atoms with Crippen LogP contribution in [0.3, 0.4) is 0 Å². The highest BCUT2D eigenvalue weighted by Gasteiger charge is 2.34. The summed E-state index contributed by atoms with van der Waals surface area (Å²) in [5, 5.41) is 4.07. The molecule has 0 N–H and O–H groups in total. The van der Waals surface area contributed by atoms with Gasteiger partial charge in [0.1, 0.15) is 6.54 Å². The number of nitrogens with zero attached hydrogens (tertiary/aromatic N) is 4. The van der Waals surface area contributed by atoms with Crippen LogP contribution >= 0.6 is 0 Å². The lowest BCUT2D eigenvalue weighted by Gasteiger charge is -2.38. The number of piperazine rings is 1. The Kier molecular flexibility index (Phi) is 5.24. The highest BCUT2D eigenvalue weighted by molar-refractivity contribution is 6.01.